The first-order valence-corrected chi connectivity index (χ1v) is 13.1. The van der Waals surface area contributed by atoms with E-state index in [1.54, 1.807) is 60.9 Å². The average molecular weight is 651 g/mol. The summed E-state index contributed by atoms with van der Waals surface area (Å²) in [6.45, 7) is 2.58. The molecule has 2 heterocycles. The van der Waals surface area contributed by atoms with Crippen LogP contribution in [0.25, 0.3) is 11.5 Å². The third kappa shape index (κ3) is 20.9. The molecule has 0 aliphatic carbocycles. The number of hydrogen-bond donors (Lipinski definition) is 0. The Balaban J connectivity index is 0. The number of halogens is 1. The van der Waals surface area contributed by atoms with E-state index in [0.717, 1.165) is 23.5 Å². The summed E-state index contributed by atoms with van der Waals surface area (Å²) in [7, 11) is 0. The number of carbonyl (C=O) groups is 2. The molecular formula is C34H35ClN2O6Ti. The second-order valence-corrected chi connectivity index (χ2v) is 8.52. The van der Waals surface area contributed by atoms with Crippen LogP contribution in [0.3, 0.4) is 0 Å². The molecule has 0 aliphatic rings. The van der Waals surface area contributed by atoms with Crippen molar-refractivity contribution in [3.63, 3.8) is 0 Å². The largest absolute Gasteiger partial charge is 4.00 e. The van der Waals surface area contributed by atoms with Gasteiger partial charge in [-0.2, -0.15) is 0 Å². The van der Waals surface area contributed by atoms with E-state index >= 15 is 0 Å². The Morgan fingerprint density at radius 1 is 0.591 bits per heavy atom. The minimum Gasteiger partial charge on any atom is -0.872 e. The number of allylic oxidation sites excluding steroid dienone is 2. The van der Waals surface area contributed by atoms with Gasteiger partial charge in [-0.15, -0.1) is 25.6 Å². The van der Waals surface area contributed by atoms with Gasteiger partial charge in [-0.1, -0.05) is 84.3 Å². The first-order chi connectivity index (χ1) is 20.3. The zero-order valence-electron chi connectivity index (χ0n) is 24.6. The molecule has 0 radical (unpaired) electrons. The van der Waals surface area contributed by atoms with Crippen molar-refractivity contribution >= 4 is 35.5 Å². The van der Waals surface area contributed by atoms with Crippen molar-refractivity contribution in [2.24, 2.45) is 0 Å². The molecule has 0 spiro atoms. The molecular weight excluding hydrogens is 616 g/mol. The van der Waals surface area contributed by atoms with Crippen LogP contribution in [0.15, 0.2) is 122 Å². The van der Waals surface area contributed by atoms with Gasteiger partial charge in [-0.3, -0.25) is 19.6 Å². The molecule has 0 saturated heterocycles. The Bertz CT molecular complexity index is 1250. The van der Waals surface area contributed by atoms with Crippen LogP contribution >= 0.6 is 12.4 Å². The molecule has 0 atom stereocenters. The number of aromatic nitrogens is 2. The predicted molar refractivity (Wildman–Crippen MR) is 163 cm³/mol. The number of hydrogen-bond acceptors (Lipinski definition) is 8. The van der Waals surface area contributed by atoms with Gasteiger partial charge < -0.3 is 20.4 Å². The zero-order chi connectivity index (χ0) is 31.0. The van der Waals surface area contributed by atoms with Gasteiger partial charge in [0.1, 0.15) is 0 Å². The van der Waals surface area contributed by atoms with Gasteiger partial charge in [0.25, 0.3) is 0 Å². The van der Waals surface area contributed by atoms with Crippen molar-refractivity contribution in [1.82, 2.24) is 9.97 Å². The molecule has 0 fully saturated rings. The van der Waals surface area contributed by atoms with E-state index in [9.17, 15) is 30.0 Å². The maximum absolute atomic E-state index is 11.2. The Labute approximate surface area is 280 Å². The van der Waals surface area contributed by atoms with E-state index in [1.807, 2.05) is 48.5 Å². The molecule has 0 aliphatic heterocycles. The summed E-state index contributed by atoms with van der Waals surface area (Å²) in [5.41, 5.74) is 2.86. The Kier molecular flexibility index (Phi) is 25.6. The number of nitrogens with zero attached hydrogens (tertiary/aromatic N) is 2. The SMILES string of the molecule is CC(=O)C=C([O-])c1ccccc1.CC(=O)C=C([O-])c1ccccc1.Cl.[O-]CCc1ccccn1.[O-]CCc1ccccn1.[Ti+4]. The van der Waals surface area contributed by atoms with Crippen molar-refractivity contribution in [2.75, 3.05) is 13.2 Å². The zero-order valence-corrected chi connectivity index (χ0v) is 27.0. The van der Waals surface area contributed by atoms with Crippen LogP contribution in [0.2, 0.25) is 0 Å². The molecule has 4 aromatic rings. The predicted octanol–water partition coefficient (Wildman–Crippen LogP) is 2.34. The van der Waals surface area contributed by atoms with Crippen LogP contribution in [0.1, 0.15) is 36.4 Å². The standard InChI is InChI=1S/2C10H10O2.2C7H8NO.ClH.Ti/c2*1-8(11)7-10(12)9-5-3-2-4-6-9;2*9-6-4-7-3-1-2-5-8-7;;/h2*2-7,12H,1H3;2*1-3,5H,4,6H2;1H;/q;;2*-1;;+4/p-2. The van der Waals surface area contributed by atoms with Gasteiger partial charge in [0.2, 0.25) is 0 Å². The molecule has 8 nitrogen and oxygen atoms in total. The minimum absolute atomic E-state index is 0. The third-order valence-corrected chi connectivity index (χ3v) is 4.95. The maximum atomic E-state index is 11.2. The average Bonchev–Trinajstić information content (AvgIpc) is 3.00. The van der Waals surface area contributed by atoms with Crippen LogP contribution in [0.4, 0.5) is 0 Å². The van der Waals surface area contributed by atoms with Gasteiger partial charge in [-0.25, -0.2) is 0 Å². The quantitative estimate of drug-likeness (QED) is 0.160. The summed E-state index contributed by atoms with van der Waals surface area (Å²) < 4.78 is 0. The van der Waals surface area contributed by atoms with Crippen molar-refractivity contribution in [3.05, 3.63) is 144 Å². The topological polar surface area (TPSA) is 152 Å². The smallest absolute Gasteiger partial charge is 0.872 e. The summed E-state index contributed by atoms with van der Waals surface area (Å²) in [6.07, 6.45) is 6.67. The maximum Gasteiger partial charge on any atom is 4.00 e. The van der Waals surface area contributed by atoms with E-state index in [4.69, 9.17) is 0 Å². The van der Waals surface area contributed by atoms with Crippen LogP contribution in [0, 0.1) is 0 Å². The van der Waals surface area contributed by atoms with E-state index in [1.165, 1.54) is 13.8 Å². The van der Waals surface area contributed by atoms with Crippen LogP contribution in [0.5, 0.6) is 0 Å². The first kappa shape index (κ1) is 42.2. The Morgan fingerprint density at radius 3 is 1.16 bits per heavy atom. The van der Waals surface area contributed by atoms with E-state index in [-0.39, 0.29) is 70.4 Å². The molecule has 2 aromatic carbocycles. The molecule has 2 aromatic heterocycles. The van der Waals surface area contributed by atoms with Crippen LogP contribution in [-0.2, 0) is 44.1 Å². The van der Waals surface area contributed by atoms with Gasteiger partial charge in [0, 0.05) is 23.8 Å². The van der Waals surface area contributed by atoms with Gasteiger partial charge in [0.05, 0.1) is 0 Å². The minimum atomic E-state index is -0.233. The van der Waals surface area contributed by atoms with Gasteiger partial charge in [0.15, 0.2) is 11.6 Å². The van der Waals surface area contributed by atoms with E-state index in [2.05, 4.69) is 9.97 Å². The van der Waals surface area contributed by atoms with Crippen molar-refractivity contribution in [1.29, 1.82) is 0 Å². The number of rotatable bonds is 8. The normalized spacial score (nSPS) is 10.0. The number of carbonyl (C=O) groups excluding carboxylic acids is 2. The second-order valence-electron chi connectivity index (χ2n) is 8.52. The molecule has 0 bridgehead atoms. The second kappa shape index (κ2) is 26.7. The van der Waals surface area contributed by atoms with Gasteiger partial charge >= 0.3 is 21.7 Å². The van der Waals surface area contributed by atoms with Crippen molar-refractivity contribution in [3.8, 4) is 0 Å². The number of benzene rings is 2. The summed E-state index contributed by atoms with van der Waals surface area (Å²) in [4.78, 5) is 29.0. The Morgan fingerprint density at radius 2 is 0.909 bits per heavy atom. The monoisotopic (exact) mass is 650 g/mol. The molecule has 0 unspecified atom stereocenters. The molecule has 0 amide bonds. The van der Waals surface area contributed by atoms with E-state index < -0.39 is 0 Å². The summed E-state index contributed by atoms with van der Waals surface area (Å²) in [5, 5.41) is 42.5. The fourth-order valence-electron chi connectivity index (χ4n) is 3.04. The molecule has 4 rings (SSSR count). The van der Waals surface area contributed by atoms with Gasteiger partial charge in [-0.05, 0) is 74.2 Å². The molecule has 228 valence electrons. The van der Waals surface area contributed by atoms with Crippen molar-refractivity contribution in [2.45, 2.75) is 26.7 Å². The first-order valence-electron chi connectivity index (χ1n) is 13.1. The molecule has 0 saturated carbocycles. The fraction of sp³-hybridized carbons (Fsp3) is 0.176. The number of ketones is 2. The fourth-order valence-corrected chi connectivity index (χ4v) is 3.04. The summed E-state index contributed by atoms with van der Waals surface area (Å²) in [6, 6.07) is 28.6. The third-order valence-electron chi connectivity index (χ3n) is 4.95. The van der Waals surface area contributed by atoms with Crippen molar-refractivity contribution < 1.29 is 51.7 Å². The molecule has 0 N–H and O–H groups in total. The van der Waals surface area contributed by atoms with E-state index in [0.29, 0.717) is 24.0 Å². The van der Waals surface area contributed by atoms with Crippen LogP contribution in [-0.4, -0.2) is 34.7 Å². The van der Waals surface area contributed by atoms with Crippen LogP contribution < -0.4 is 20.4 Å². The molecule has 44 heavy (non-hydrogen) atoms. The number of pyridine rings is 2. The Hall–Kier alpha value is -3.92. The molecule has 10 heteroatoms. The summed E-state index contributed by atoms with van der Waals surface area (Å²) in [5.74, 6) is -0.904. The summed E-state index contributed by atoms with van der Waals surface area (Å²) >= 11 is 0.